The second-order valence-electron chi connectivity index (χ2n) is 4.67. The molecule has 0 unspecified atom stereocenters. The Hall–Kier alpha value is -2.03. The van der Waals surface area contributed by atoms with Crippen LogP contribution in [0.4, 0.5) is 5.69 Å². The van der Waals surface area contributed by atoms with Crippen molar-refractivity contribution in [2.75, 3.05) is 5.73 Å². The van der Waals surface area contributed by atoms with Gasteiger partial charge in [-0.05, 0) is 42.2 Å². The average Bonchev–Trinajstić information content (AvgIpc) is 2.36. The second kappa shape index (κ2) is 5.08. The summed E-state index contributed by atoms with van der Waals surface area (Å²) < 4.78 is 5.69. The zero-order valence-electron chi connectivity index (χ0n) is 11.0. The molecule has 0 aliphatic rings. The Labute approximate surface area is 108 Å². The summed E-state index contributed by atoms with van der Waals surface area (Å²) in [5, 5.41) is 0. The molecule has 1 aromatic carbocycles. The lowest BCUT2D eigenvalue weighted by Crippen LogP contribution is -1.97. The number of nitrogen functional groups attached to an aromatic ring is 1. The molecule has 1 heterocycles. The Morgan fingerprint density at radius 1 is 1.11 bits per heavy atom. The molecule has 0 bridgehead atoms. The standard InChI is InChI=1S/C15H18N2O/c1-10(2)12-4-6-13(7-5-12)18-15-14(16)11(3)8-9-17-15/h4-10H,16H2,1-3H3. The first-order valence-corrected chi connectivity index (χ1v) is 6.07. The lowest BCUT2D eigenvalue weighted by Gasteiger charge is -2.10. The number of ether oxygens (including phenoxy) is 1. The molecule has 0 radical (unpaired) electrons. The van der Waals surface area contributed by atoms with E-state index in [1.54, 1.807) is 6.20 Å². The first kappa shape index (κ1) is 12.4. The molecule has 2 rings (SSSR count). The summed E-state index contributed by atoms with van der Waals surface area (Å²) in [4.78, 5) is 4.14. The molecule has 2 N–H and O–H groups in total. The molecular formula is C15H18N2O. The summed E-state index contributed by atoms with van der Waals surface area (Å²) in [6, 6.07) is 9.87. The molecule has 3 nitrogen and oxygen atoms in total. The highest BCUT2D eigenvalue weighted by Gasteiger charge is 2.06. The lowest BCUT2D eigenvalue weighted by atomic mass is 10.0. The molecule has 0 aliphatic heterocycles. The van der Waals surface area contributed by atoms with E-state index in [9.17, 15) is 0 Å². The summed E-state index contributed by atoms with van der Waals surface area (Å²) >= 11 is 0. The van der Waals surface area contributed by atoms with Crippen LogP contribution in [0.5, 0.6) is 11.6 Å². The van der Waals surface area contributed by atoms with Crippen LogP contribution in [0.2, 0.25) is 0 Å². The molecule has 0 aliphatic carbocycles. The normalized spacial score (nSPS) is 10.7. The van der Waals surface area contributed by atoms with Crippen molar-refractivity contribution >= 4 is 5.69 Å². The van der Waals surface area contributed by atoms with Crippen LogP contribution in [0, 0.1) is 6.92 Å². The van der Waals surface area contributed by atoms with Gasteiger partial charge in [-0.3, -0.25) is 0 Å². The van der Waals surface area contributed by atoms with Crippen LogP contribution < -0.4 is 10.5 Å². The fourth-order valence-electron chi connectivity index (χ4n) is 1.66. The van der Waals surface area contributed by atoms with Gasteiger partial charge in [0, 0.05) is 6.20 Å². The fraction of sp³-hybridized carbons (Fsp3) is 0.267. The molecule has 0 atom stereocenters. The first-order valence-electron chi connectivity index (χ1n) is 6.07. The van der Waals surface area contributed by atoms with Crippen molar-refractivity contribution in [3.05, 3.63) is 47.7 Å². The molecule has 0 saturated heterocycles. The maximum atomic E-state index is 5.92. The van der Waals surface area contributed by atoms with Crippen molar-refractivity contribution < 1.29 is 4.74 Å². The second-order valence-corrected chi connectivity index (χ2v) is 4.67. The SMILES string of the molecule is Cc1ccnc(Oc2ccc(C(C)C)cc2)c1N. The van der Waals surface area contributed by atoms with E-state index in [0.717, 1.165) is 11.3 Å². The van der Waals surface area contributed by atoms with Gasteiger partial charge in [0.1, 0.15) is 5.75 Å². The van der Waals surface area contributed by atoms with Gasteiger partial charge in [-0.25, -0.2) is 4.98 Å². The van der Waals surface area contributed by atoms with E-state index in [0.29, 0.717) is 17.5 Å². The van der Waals surface area contributed by atoms with Crippen LogP contribution in [0.3, 0.4) is 0 Å². The summed E-state index contributed by atoms with van der Waals surface area (Å²) in [7, 11) is 0. The van der Waals surface area contributed by atoms with Crippen molar-refractivity contribution in [2.24, 2.45) is 0 Å². The first-order chi connectivity index (χ1) is 8.58. The number of aryl methyl sites for hydroxylation is 1. The predicted octanol–water partition coefficient (Wildman–Crippen LogP) is 3.89. The number of aromatic nitrogens is 1. The third-order valence-corrected chi connectivity index (χ3v) is 2.93. The minimum absolute atomic E-state index is 0.465. The molecule has 0 spiro atoms. The quantitative estimate of drug-likeness (QED) is 0.888. The highest BCUT2D eigenvalue weighted by atomic mass is 16.5. The third kappa shape index (κ3) is 2.62. The lowest BCUT2D eigenvalue weighted by molar-refractivity contribution is 0.465. The van der Waals surface area contributed by atoms with E-state index in [2.05, 4.69) is 31.0 Å². The summed E-state index contributed by atoms with van der Waals surface area (Å²) in [5.74, 6) is 1.73. The summed E-state index contributed by atoms with van der Waals surface area (Å²) in [6.07, 6.45) is 1.70. The number of nitrogens with two attached hydrogens (primary N) is 1. The van der Waals surface area contributed by atoms with Gasteiger partial charge < -0.3 is 10.5 Å². The van der Waals surface area contributed by atoms with E-state index in [4.69, 9.17) is 10.5 Å². The van der Waals surface area contributed by atoms with E-state index in [1.165, 1.54) is 5.56 Å². The number of anilines is 1. The number of hydrogen-bond acceptors (Lipinski definition) is 3. The number of pyridine rings is 1. The number of hydrogen-bond donors (Lipinski definition) is 1. The number of nitrogens with zero attached hydrogens (tertiary/aromatic N) is 1. The molecule has 2 aromatic rings. The Balaban J connectivity index is 2.21. The molecule has 0 fully saturated rings. The van der Waals surface area contributed by atoms with Crippen LogP contribution in [0.15, 0.2) is 36.5 Å². The van der Waals surface area contributed by atoms with Crippen LogP contribution in [0.25, 0.3) is 0 Å². The zero-order chi connectivity index (χ0) is 13.1. The van der Waals surface area contributed by atoms with Crippen molar-refractivity contribution in [3.63, 3.8) is 0 Å². The number of benzene rings is 1. The Kier molecular flexibility index (Phi) is 3.51. The van der Waals surface area contributed by atoms with Crippen molar-refractivity contribution in [2.45, 2.75) is 26.7 Å². The fourth-order valence-corrected chi connectivity index (χ4v) is 1.66. The molecule has 1 aromatic heterocycles. The largest absolute Gasteiger partial charge is 0.437 e. The van der Waals surface area contributed by atoms with Crippen molar-refractivity contribution in [1.29, 1.82) is 0 Å². The van der Waals surface area contributed by atoms with Crippen molar-refractivity contribution in [3.8, 4) is 11.6 Å². The van der Waals surface area contributed by atoms with Gasteiger partial charge in [0.25, 0.3) is 0 Å². The number of rotatable bonds is 3. The van der Waals surface area contributed by atoms with Crippen molar-refractivity contribution in [1.82, 2.24) is 4.98 Å². The molecule has 0 saturated carbocycles. The van der Waals surface area contributed by atoms with Gasteiger partial charge in [-0.15, -0.1) is 0 Å². The maximum absolute atomic E-state index is 5.92. The summed E-state index contributed by atoms with van der Waals surface area (Å²) in [5.41, 5.74) is 8.77. The van der Waals surface area contributed by atoms with Gasteiger partial charge in [0.2, 0.25) is 5.88 Å². The predicted molar refractivity (Wildman–Crippen MR) is 74.0 cm³/mol. The molecule has 0 amide bonds. The minimum atomic E-state index is 0.465. The summed E-state index contributed by atoms with van der Waals surface area (Å²) in [6.45, 7) is 6.26. The average molecular weight is 242 g/mol. The van der Waals surface area contributed by atoms with E-state index < -0.39 is 0 Å². The monoisotopic (exact) mass is 242 g/mol. The van der Waals surface area contributed by atoms with Crippen LogP contribution in [0.1, 0.15) is 30.9 Å². The van der Waals surface area contributed by atoms with E-state index in [1.807, 2.05) is 25.1 Å². The van der Waals surface area contributed by atoms with Gasteiger partial charge in [0.15, 0.2) is 0 Å². The smallest absolute Gasteiger partial charge is 0.242 e. The van der Waals surface area contributed by atoms with Crippen LogP contribution in [-0.4, -0.2) is 4.98 Å². The maximum Gasteiger partial charge on any atom is 0.242 e. The van der Waals surface area contributed by atoms with E-state index in [-0.39, 0.29) is 0 Å². The van der Waals surface area contributed by atoms with Crippen LogP contribution >= 0.6 is 0 Å². The van der Waals surface area contributed by atoms with Gasteiger partial charge in [-0.1, -0.05) is 26.0 Å². The highest BCUT2D eigenvalue weighted by Crippen LogP contribution is 2.28. The molecule has 3 heteroatoms. The van der Waals surface area contributed by atoms with Gasteiger partial charge in [0.05, 0.1) is 5.69 Å². The third-order valence-electron chi connectivity index (χ3n) is 2.93. The highest BCUT2D eigenvalue weighted by molar-refractivity contribution is 5.55. The van der Waals surface area contributed by atoms with Gasteiger partial charge in [-0.2, -0.15) is 0 Å². The Morgan fingerprint density at radius 2 is 1.78 bits per heavy atom. The molecular weight excluding hydrogens is 224 g/mol. The zero-order valence-corrected chi connectivity index (χ0v) is 11.0. The molecule has 18 heavy (non-hydrogen) atoms. The Bertz CT molecular complexity index is 533. The van der Waals surface area contributed by atoms with Crippen LogP contribution in [-0.2, 0) is 0 Å². The van der Waals surface area contributed by atoms with E-state index >= 15 is 0 Å². The minimum Gasteiger partial charge on any atom is -0.437 e. The topological polar surface area (TPSA) is 48.1 Å². The Morgan fingerprint density at radius 3 is 2.39 bits per heavy atom. The van der Waals surface area contributed by atoms with Gasteiger partial charge >= 0.3 is 0 Å². The molecule has 94 valence electrons.